The largest absolute Gasteiger partial charge is 0.385 e. The molecule has 2 saturated carbocycles. The van der Waals surface area contributed by atoms with Crippen LogP contribution in [-0.2, 0) is 15.6 Å². The molecule has 0 amide bonds. The molecule has 0 saturated heterocycles. The van der Waals surface area contributed by atoms with Gasteiger partial charge in [0.2, 0.25) is 10.0 Å². The van der Waals surface area contributed by atoms with Gasteiger partial charge in [0, 0.05) is 17.8 Å². The molecule has 2 fully saturated rings. The van der Waals surface area contributed by atoms with E-state index >= 15 is 0 Å². The van der Waals surface area contributed by atoms with E-state index in [-0.39, 0.29) is 17.9 Å². The predicted octanol–water partition coefficient (Wildman–Crippen LogP) is 1.13. The van der Waals surface area contributed by atoms with Gasteiger partial charge in [-0.15, -0.1) is 0 Å². The Morgan fingerprint density at radius 3 is 2.77 bits per heavy atom. The Hall–Kier alpha value is -1.15. The maximum absolute atomic E-state index is 11.3. The van der Waals surface area contributed by atoms with Gasteiger partial charge < -0.3 is 9.51 Å². The third-order valence-corrected chi connectivity index (χ3v) is 5.72. The van der Waals surface area contributed by atoms with Crippen LogP contribution in [0.2, 0.25) is 5.02 Å². The number of aliphatic hydroxyl groups is 1. The van der Waals surface area contributed by atoms with E-state index in [2.05, 4.69) is 9.71 Å². The van der Waals surface area contributed by atoms with Gasteiger partial charge in [-0.1, -0.05) is 11.6 Å². The molecule has 0 aromatic carbocycles. The Morgan fingerprint density at radius 1 is 1.45 bits per heavy atom. The number of fused-ring (bicyclic) bond motifs is 2. The van der Waals surface area contributed by atoms with E-state index in [0.29, 0.717) is 17.9 Å². The summed E-state index contributed by atoms with van der Waals surface area (Å²) in [6.07, 6.45) is 7.34. The molecule has 22 heavy (non-hydrogen) atoms. The minimum Gasteiger partial charge on any atom is -0.385 e. The van der Waals surface area contributed by atoms with Crippen LogP contribution in [0.25, 0.3) is 5.52 Å². The summed E-state index contributed by atoms with van der Waals surface area (Å²) in [5.41, 5.74) is 0.626. The first kappa shape index (κ1) is 14.4. The summed E-state index contributed by atoms with van der Waals surface area (Å²) in [7, 11) is -3.20. The van der Waals surface area contributed by atoms with Gasteiger partial charge in [-0.3, -0.25) is 0 Å². The van der Waals surface area contributed by atoms with Gasteiger partial charge in [0.1, 0.15) is 0 Å². The molecule has 2 heterocycles. The first-order valence-electron chi connectivity index (χ1n) is 7.08. The normalized spacial score (nSPS) is 34.0. The van der Waals surface area contributed by atoms with Crippen LogP contribution >= 0.6 is 11.6 Å². The minimum atomic E-state index is -3.20. The molecular formula is C14H16ClN3O3S. The Kier molecular flexibility index (Phi) is 2.92. The van der Waals surface area contributed by atoms with Crippen LogP contribution in [0.4, 0.5) is 0 Å². The number of nitrogens with zero attached hydrogens (tertiary/aromatic N) is 2. The topological polar surface area (TPSA) is 83.7 Å². The summed E-state index contributed by atoms with van der Waals surface area (Å²) < 4.78 is 27.1. The number of sulfonamides is 1. The van der Waals surface area contributed by atoms with Gasteiger partial charge in [-0.05, 0) is 30.7 Å². The third-order valence-electron chi connectivity index (χ3n) is 4.82. The Balaban J connectivity index is 1.64. The summed E-state index contributed by atoms with van der Waals surface area (Å²) in [5, 5.41) is 11.6. The summed E-state index contributed by atoms with van der Waals surface area (Å²) >= 11 is 6.13. The van der Waals surface area contributed by atoms with Crippen molar-refractivity contribution in [2.45, 2.75) is 24.5 Å². The molecule has 6 nitrogen and oxygen atoms in total. The van der Waals surface area contributed by atoms with Crippen LogP contribution in [0.15, 0.2) is 24.8 Å². The smallest absolute Gasteiger partial charge is 0.208 e. The van der Waals surface area contributed by atoms with Crippen LogP contribution in [0.3, 0.4) is 0 Å². The van der Waals surface area contributed by atoms with Crippen molar-refractivity contribution in [2.75, 3.05) is 6.26 Å². The second kappa shape index (κ2) is 4.44. The Morgan fingerprint density at radius 2 is 2.14 bits per heavy atom. The van der Waals surface area contributed by atoms with Crippen molar-refractivity contribution in [2.24, 2.45) is 11.8 Å². The van der Waals surface area contributed by atoms with E-state index in [1.165, 1.54) is 6.26 Å². The fraction of sp³-hybridized carbons (Fsp3) is 0.500. The first-order chi connectivity index (χ1) is 10.3. The van der Waals surface area contributed by atoms with Crippen LogP contribution < -0.4 is 4.72 Å². The fourth-order valence-corrected chi connectivity index (χ4v) is 4.94. The van der Waals surface area contributed by atoms with Crippen LogP contribution in [0, 0.1) is 11.8 Å². The number of halogens is 1. The van der Waals surface area contributed by atoms with E-state index in [1.54, 1.807) is 29.2 Å². The van der Waals surface area contributed by atoms with Gasteiger partial charge in [0.25, 0.3) is 0 Å². The summed E-state index contributed by atoms with van der Waals surface area (Å²) in [4.78, 5) is 4.10. The van der Waals surface area contributed by atoms with E-state index < -0.39 is 15.6 Å². The van der Waals surface area contributed by atoms with E-state index in [1.807, 2.05) is 0 Å². The van der Waals surface area contributed by atoms with Crippen LogP contribution in [0.1, 0.15) is 18.4 Å². The van der Waals surface area contributed by atoms with Gasteiger partial charge in [-0.25, -0.2) is 18.1 Å². The second-order valence-corrected chi connectivity index (χ2v) is 8.66. The van der Waals surface area contributed by atoms with Crippen molar-refractivity contribution in [3.63, 3.8) is 0 Å². The fourth-order valence-electron chi connectivity index (χ4n) is 3.88. The number of pyridine rings is 1. The molecule has 2 unspecified atom stereocenters. The SMILES string of the molecule is CS(=O)(=O)NC1[C@H]2CC(O)(c3cc(Cl)cn4cncc34)C[C@@H]12. The van der Waals surface area contributed by atoms with Crippen molar-refractivity contribution in [1.82, 2.24) is 14.1 Å². The van der Waals surface area contributed by atoms with Gasteiger partial charge in [0.05, 0.1) is 34.9 Å². The lowest BCUT2D eigenvalue weighted by atomic mass is 9.88. The van der Waals surface area contributed by atoms with Gasteiger partial charge in [0.15, 0.2) is 0 Å². The molecule has 2 aromatic heterocycles. The van der Waals surface area contributed by atoms with E-state index in [9.17, 15) is 13.5 Å². The highest BCUT2D eigenvalue weighted by molar-refractivity contribution is 7.88. The zero-order valence-corrected chi connectivity index (χ0v) is 13.5. The van der Waals surface area contributed by atoms with Crippen molar-refractivity contribution in [3.05, 3.63) is 35.4 Å². The molecule has 118 valence electrons. The number of aromatic nitrogens is 2. The molecule has 0 spiro atoms. The molecule has 2 aliphatic rings. The lowest BCUT2D eigenvalue weighted by Crippen LogP contribution is -2.33. The molecule has 2 aromatic rings. The maximum atomic E-state index is 11.3. The Bertz CT molecular complexity index is 851. The number of imidazole rings is 1. The lowest BCUT2D eigenvalue weighted by molar-refractivity contribution is 0.0300. The summed E-state index contributed by atoms with van der Waals surface area (Å²) in [6.45, 7) is 0. The molecule has 0 aliphatic heterocycles. The van der Waals surface area contributed by atoms with Crippen LogP contribution in [0.5, 0.6) is 0 Å². The summed E-state index contributed by atoms with van der Waals surface area (Å²) in [6, 6.07) is 1.73. The lowest BCUT2D eigenvalue weighted by Gasteiger charge is -2.27. The molecule has 4 rings (SSSR count). The molecule has 8 heteroatoms. The Labute approximate surface area is 133 Å². The number of hydrogen-bond acceptors (Lipinski definition) is 4. The maximum Gasteiger partial charge on any atom is 0.208 e. The summed E-state index contributed by atoms with van der Waals surface area (Å²) in [5.74, 6) is 0.364. The average molecular weight is 342 g/mol. The van der Waals surface area contributed by atoms with E-state index in [4.69, 9.17) is 11.6 Å². The predicted molar refractivity (Wildman–Crippen MR) is 82.1 cm³/mol. The van der Waals surface area contributed by atoms with Crippen molar-refractivity contribution in [3.8, 4) is 0 Å². The standard InChI is InChI=1S/C14H16ClN3O3S/c1-22(20,21)17-13-9-3-14(19,4-10(9)13)11-2-8(15)6-18-7-16-5-12(11)18/h2,5-7,9-10,13,17,19H,3-4H2,1H3/t9-,10+,13?,14?. The number of hydrogen-bond donors (Lipinski definition) is 2. The molecule has 0 bridgehead atoms. The molecule has 4 atom stereocenters. The quantitative estimate of drug-likeness (QED) is 0.876. The number of nitrogens with one attached hydrogen (secondary N) is 1. The molecule has 2 N–H and O–H groups in total. The molecular weight excluding hydrogens is 326 g/mol. The van der Waals surface area contributed by atoms with Crippen molar-refractivity contribution >= 4 is 27.1 Å². The highest BCUT2D eigenvalue weighted by Crippen LogP contribution is 2.60. The third kappa shape index (κ3) is 2.23. The monoisotopic (exact) mass is 341 g/mol. The molecule has 2 aliphatic carbocycles. The second-order valence-electron chi connectivity index (χ2n) is 6.44. The van der Waals surface area contributed by atoms with E-state index in [0.717, 1.165) is 11.1 Å². The van der Waals surface area contributed by atoms with Crippen molar-refractivity contribution < 1.29 is 13.5 Å². The highest BCUT2D eigenvalue weighted by Gasteiger charge is 2.62. The van der Waals surface area contributed by atoms with Gasteiger partial charge in [-0.2, -0.15) is 0 Å². The average Bonchev–Trinajstić information content (AvgIpc) is 2.83. The molecule has 0 radical (unpaired) electrons. The first-order valence-corrected chi connectivity index (χ1v) is 9.35. The van der Waals surface area contributed by atoms with Gasteiger partial charge >= 0.3 is 0 Å². The zero-order chi connectivity index (χ0) is 15.7. The van der Waals surface area contributed by atoms with Crippen molar-refractivity contribution in [1.29, 1.82) is 0 Å². The minimum absolute atomic E-state index is 0.0459. The highest BCUT2D eigenvalue weighted by atomic mass is 35.5. The van der Waals surface area contributed by atoms with Crippen LogP contribution in [-0.4, -0.2) is 35.2 Å². The zero-order valence-electron chi connectivity index (χ0n) is 11.9. The number of rotatable bonds is 3.